The molecule has 0 heterocycles. The van der Waals surface area contributed by atoms with E-state index < -0.39 is 0 Å². The van der Waals surface area contributed by atoms with Gasteiger partial charge in [0.15, 0.2) is 0 Å². The molecule has 0 saturated carbocycles. The normalized spacial score (nSPS) is 13.0. The molecule has 12 heavy (non-hydrogen) atoms. The van der Waals surface area contributed by atoms with Crippen molar-refractivity contribution in [3.63, 3.8) is 0 Å². The van der Waals surface area contributed by atoms with Crippen LogP contribution >= 0.6 is 0 Å². The third kappa shape index (κ3) is 1.67. The quantitative estimate of drug-likeness (QED) is 0.712. The first kappa shape index (κ1) is 9.27. The lowest BCUT2D eigenvalue weighted by molar-refractivity contribution is 0.798. The first-order valence-electron chi connectivity index (χ1n) is 4.50. The van der Waals surface area contributed by atoms with Crippen LogP contribution in [0.3, 0.4) is 0 Å². The molecule has 1 aromatic rings. The maximum atomic E-state index is 5.86. The molecule has 1 atom stereocenters. The molecular formula is C11H17N. The molecule has 0 amide bonds. The van der Waals surface area contributed by atoms with Crippen LogP contribution in [-0.4, -0.2) is 0 Å². The van der Waals surface area contributed by atoms with Crippen LogP contribution in [-0.2, 0) is 6.42 Å². The van der Waals surface area contributed by atoms with Gasteiger partial charge < -0.3 is 5.73 Å². The summed E-state index contributed by atoms with van der Waals surface area (Å²) in [6.07, 6.45) is 1.07. The van der Waals surface area contributed by atoms with E-state index in [-0.39, 0.29) is 6.04 Å². The Morgan fingerprint density at radius 3 is 2.50 bits per heavy atom. The van der Waals surface area contributed by atoms with E-state index in [1.54, 1.807) is 0 Å². The van der Waals surface area contributed by atoms with Crippen molar-refractivity contribution in [3.8, 4) is 0 Å². The van der Waals surface area contributed by atoms with Crippen molar-refractivity contribution in [2.45, 2.75) is 33.2 Å². The molecule has 0 saturated heterocycles. The van der Waals surface area contributed by atoms with E-state index in [0.717, 1.165) is 6.42 Å². The molecule has 1 rings (SSSR count). The maximum Gasteiger partial charge on any atom is 0.0268 e. The highest BCUT2D eigenvalue weighted by molar-refractivity contribution is 5.36. The minimum atomic E-state index is 0.153. The molecule has 66 valence electrons. The lowest BCUT2D eigenvalue weighted by Crippen LogP contribution is -2.08. The molecular weight excluding hydrogens is 146 g/mol. The summed E-state index contributed by atoms with van der Waals surface area (Å²) < 4.78 is 0. The Kier molecular flexibility index (Phi) is 2.88. The van der Waals surface area contributed by atoms with Gasteiger partial charge in [0.25, 0.3) is 0 Å². The van der Waals surface area contributed by atoms with Gasteiger partial charge in [0.05, 0.1) is 0 Å². The van der Waals surface area contributed by atoms with E-state index in [0.29, 0.717) is 0 Å². The Morgan fingerprint density at radius 2 is 2.08 bits per heavy atom. The largest absolute Gasteiger partial charge is 0.324 e. The number of benzene rings is 1. The van der Waals surface area contributed by atoms with Crippen LogP contribution in [0, 0.1) is 6.92 Å². The number of rotatable bonds is 2. The topological polar surface area (TPSA) is 26.0 Å². The van der Waals surface area contributed by atoms with Gasteiger partial charge in [-0.2, -0.15) is 0 Å². The first-order valence-corrected chi connectivity index (χ1v) is 4.50. The van der Waals surface area contributed by atoms with Crippen molar-refractivity contribution in [3.05, 3.63) is 34.9 Å². The van der Waals surface area contributed by atoms with Crippen LogP contribution in [0.5, 0.6) is 0 Å². The van der Waals surface area contributed by atoms with Gasteiger partial charge in [-0.3, -0.25) is 0 Å². The van der Waals surface area contributed by atoms with Crippen LogP contribution in [0.1, 0.15) is 36.6 Å². The molecule has 1 nitrogen and oxygen atoms in total. The summed E-state index contributed by atoms with van der Waals surface area (Å²) in [4.78, 5) is 0. The van der Waals surface area contributed by atoms with E-state index in [2.05, 4.69) is 32.0 Å². The minimum Gasteiger partial charge on any atom is -0.324 e. The highest BCUT2D eigenvalue weighted by Crippen LogP contribution is 2.19. The number of nitrogens with two attached hydrogens (primary N) is 1. The predicted molar refractivity (Wildman–Crippen MR) is 53.2 cm³/mol. The second-order valence-electron chi connectivity index (χ2n) is 3.28. The summed E-state index contributed by atoms with van der Waals surface area (Å²) in [5.74, 6) is 0. The smallest absolute Gasteiger partial charge is 0.0268 e. The molecule has 0 aliphatic carbocycles. The highest BCUT2D eigenvalue weighted by Gasteiger charge is 2.06. The average molecular weight is 163 g/mol. The highest BCUT2D eigenvalue weighted by atomic mass is 14.6. The fourth-order valence-corrected chi connectivity index (χ4v) is 1.63. The predicted octanol–water partition coefficient (Wildman–Crippen LogP) is 2.58. The molecule has 1 heteroatoms. The molecule has 0 fully saturated rings. The van der Waals surface area contributed by atoms with E-state index in [9.17, 15) is 0 Å². The van der Waals surface area contributed by atoms with Crippen molar-refractivity contribution < 1.29 is 0 Å². The third-order valence-corrected chi connectivity index (χ3v) is 2.29. The molecule has 0 aromatic heterocycles. The van der Waals surface area contributed by atoms with Gasteiger partial charge in [-0.1, -0.05) is 25.1 Å². The Morgan fingerprint density at radius 1 is 1.42 bits per heavy atom. The molecule has 0 spiro atoms. The van der Waals surface area contributed by atoms with Gasteiger partial charge in [0.1, 0.15) is 0 Å². The van der Waals surface area contributed by atoms with Crippen LogP contribution in [0.25, 0.3) is 0 Å². The van der Waals surface area contributed by atoms with Crippen molar-refractivity contribution in [1.82, 2.24) is 0 Å². The minimum absolute atomic E-state index is 0.153. The monoisotopic (exact) mass is 163 g/mol. The molecule has 0 unspecified atom stereocenters. The summed E-state index contributed by atoms with van der Waals surface area (Å²) in [7, 11) is 0. The zero-order valence-corrected chi connectivity index (χ0v) is 8.09. The Balaban J connectivity index is 3.18. The summed E-state index contributed by atoms with van der Waals surface area (Å²) >= 11 is 0. The van der Waals surface area contributed by atoms with E-state index in [1.807, 2.05) is 6.92 Å². The van der Waals surface area contributed by atoms with Crippen LogP contribution in [0.15, 0.2) is 18.2 Å². The molecule has 2 N–H and O–H groups in total. The molecule has 1 aromatic carbocycles. The van der Waals surface area contributed by atoms with Gasteiger partial charge in [-0.15, -0.1) is 0 Å². The third-order valence-electron chi connectivity index (χ3n) is 2.29. The number of aryl methyl sites for hydroxylation is 1. The van der Waals surface area contributed by atoms with E-state index in [1.165, 1.54) is 16.7 Å². The summed E-state index contributed by atoms with van der Waals surface area (Å²) in [6, 6.07) is 6.49. The van der Waals surface area contributed by atoms with E-state index >= 15 is 0 Å². The Bertz CT molecular complexity index is 264. The molecule has 0 bridgehead atoms. The average Bonchev–Trinajstić information content (AvgIpc) is 2.03. The SMILES string of the molecule is CCc1c(C)cccc1[C@H](C)N. The van der Waals surface area contributed by atoms with Gasteiger partial charge in [-0.25, -0.2) is 0 Å². The summed E-state index contributed by atoms with van der Waals surface area (Å²) in [6.45, 7) is 6.35. The number of hydrogen-bond acceptors (Lipinski definition) is 1. The van der Waals surface area contributed by atoms with Crippen molar-refractivity contribution in [1.29, 1.82) is 0 Å². The fourth-order valence-electron chi connectivity index (χ4n) is 1.63. The lowest BCUT2D eigenvalue weighted by Gasteiger charge is -2.13. The lowest BCUT2D eigenvalue weighted by atomic mass is 9.96. The Labute approximate surface area is 74.6 Å². The van der Waals surface area contributed by atoms with Gasteiger partial charge in [0.2, 0.25) is 0 Å². The second-order valence-corrected chi connectivity index (χ2v) is 3.28. The summed E-state index contributed by atoms with van der Waals surface area (Å²) in [5.41, 5.74) is 9.91. The Hall–Kier alpha value is -0.820. The zero-order valence-electron chi connectivity index (χ0n) is 8.09. The first-order chi connectivity index (χ1) is 5.66. The van der Waals surface area contributed by atoms with Crippen molar-refractivity contribution >= 4 is 0 Å². The molecule has 0 radical (unpaired) electrons. The van der Waals surface area contributed by atoms with Gasteiger partial charge in [0, 0.05) is 6.04 Å². The maximum absolute atomic E-state index is 5.86. The summed E-state index contributed by atoms with van der Waals surface area (Å²) in [5, 5.41) is 0. The second kappa shape index (κ2) is 3.72. The standard InChI is InChI=1S/C11H17N/c1-4-10-8(2)6-5-7-11(10)9(3)12/h5-7,9H,4,12H2,1-3H3/t9-/m0/s1. The van der Waals surface area contributed by atoms with Crippen molar-refractivity contribution in [2.75, 3.05) is 0 Å². The number of hydrogen-bond donors (Lipinski definition) is 1. The molecule has 0 aliphatic heterocycles. The van der Waals surface area contributed by atoms with Crippen LogP contribution in [0.4, 0.5) is 0 Å². The molecule has 0 aliphatic rings. The van der Waals surface area contributed by atoms with E-state index in [4.69, 9.17) is 5.73 Å². The van der Waals surface area contributed by atoms with Crippen molar-refractivity contribution in [2.24, 2.45) is 5.73 Å². The fraction of sp³-hybridized carbons (Fsp3) is 0.455. The van der Waals surface area contributed by atoms with Crippen LogP contribution in [0.2, 0.25) is 0 Å². The zero-order chi connectivity index (χ0) is 9.14. The van der Waals surface area contributed by atoms with Gasteiger partial charge >= 0.3 is 0 Å². The van der Waals surface area contributed by atoms with Crippen LogP contribution < -0.4 is 5.73 Å². The van der Waals surface area contributed by atoms with Gasteiger partial charge in [-0.05, 0) is 37.0 Å².